The van der Waals surface area contributed by atoms with Crippen molar-refractivity contribution in [1.82, 2.24) is 5.32 Å². The van der Waals surface area contributed by atoms with Crippen LogP contribution in [0.5, 0.6) is 0 Å². The highest BCUT2D eigenvalue weighted by Gasteiger charge is 2.21. The molecule has 1 amide bonds. The monoisotopic (exact) mass is 266 g/mol. The van der Waals surface area contributed by atoms with Crippen molar-refractivity contribution in [2.45, 2.75) is 13.0 Å². The van der Waals surface area contributed by atoms with Crippen LogP contribution in [-0.4, -0.2) is 5.91 Å². The molecule has 3 N–H and O–H groups in total. The third-order valence-electron chi connectivity index (χ3n) is 2.67. The van der Waals surface area contributed by atoms with Gasteiger partial charge in [-0.2, -0.15) is 0 Å². The lowest BCUT2D eigenvalue weighted by atomic mass is 10.1. The van der Waals surface area contributed by atoms with Crippen LogP contribution in [0.2, 0.25) is 0 Å². The van der Waals surface area contributed by atoms with Gasteiger partial charge in [0.25, 0.3) is 5.91 Å². The third kappa shape index (κ3) is 2.57. The topological polar surface area (TPSA) is 68.3 Å². The van der Waals surface area contributed by atoms with E-state index in [1.54, 1.807) is 19.1 Å². The van der Waals surface area contributed by atoms with Crippen LogP contribution in [0, 0.1) is 11.6 Å². The SMILES string of the molecule is CC(NC(=O)c1c(F)ccc(N)c1F)c1ccco1. The molecule has 0 bridgehead atoms. The van der Waals surface area contributed by atoms with Crippen LogP contribution in [0.25, 0.3) is 0 Å². The maximum absolute atomic E-state index is 13.7. The molecule has 2 rings (SSSR count). The van der Waals surface area contributed by atoms with Crippen molar-refractivity contribution in [2.24, 2.45) is 0 Å². The molecule has 100 valence electrons. The molecule has 1 aromatic carbocycles. The number of hydrogen-bond donors (Lipinski definition) is 2. The minimum atomic E-state index is -1.07. The van der Waals surface area contributed by atoms with Crippen molar-refractivity contribution >= 4 is 11.6 Å². The number of nitrogens with one attached hydrogen (secondary N) is 1. The first-order chi connectivity index (χ1) is 9.00. The van der Waals surface area contributed by atoms with Gasteiger partial charge < -0.3 is 15.5 Å². The van der Waals surface area contributed by atoms with E-state index in [9.17, 15) is 13.6 Å². The molecule has 1 atom stereocenters. The second kappa shape index (κ2) is 5.09. The summed E-state index contributed by atoms with van der Waals surface area (Å²) in [6.45, 7) is 1.64. The Morgan fingerprint density at radius 2 is 2.11 bits per heavy atom. The van der Waals surface area contributed by atoms with E-state index in [4.69, 9.17) is 10.2 Å². The summed E-state index contributed by atoms with van der Waals surface area (Å²) in [7, 11) is 0. The maximum Gasteiger partial charge on any atom is 0.257 e. The molecule has 2 aromatic rings. The predicted octanol–water partition coefficient (Wildman–Crippen LogP) is 2.63. The Balaban J connectivity index is 2.23. The summed E-state index contributed by atoms with van der Waals surface area (Å²) in [5, 5.41) is 2.44. The molecule has 19 heavy (non-hydrogen) atoms. The van der Waals surface area contributed by atoms with Crippen molar-refractivity contribution in [2.75, 3.05) is 5.73 Å². The third-order valence-corrected chi connectivity index (χ3v) is 2.67. The smallest absolute Gasteiger partial charge is 0.257 e. The minimum Gasteiger partial charge on any atom is -0.467 e. The van der Waals surface area contributed by atoms with Gasteiger partial charge >= 0.3 is 0 Å². The van der Waals surface area contributed by atoms with Crippen LogP contribution in [0.3, 0.4) is 0 Å². The molecule has 0 spiro atoms. The Morgan fingerprint density at radius 3 is 2.74 bits per heavy atom. The molecule has 0 aliphatic rings. The fraction of sp³-hybridized carbons (Fsp3) is 0.154. The summed E-state index contributed by atoms with van der Waals surface area (Å²) in [5.41, 5.74) is 4.34. The van der Waals surface area contributed by atoms with Gasteiger partial charge in [-0.15, -0.1) is 0 Å². The molecule has 0 saturated carbocycles. The summed E-state index contributed by atoms with van der Waals surface area (Å²) in [6.07, 6.45) is 1.44. The molecule has 4 nitrogen and oxygen atoms in total. The van der Waals surface area contributed by atoms with Crippen LogP contribution in [0.15, 0.2) is 34.9 Å². The number of benzene rings is 1. The Kier molecular flexibility index (Phi) is 3.50. The molecular formula is C13H12F2N2O2. The van der Waals surface area contributed by atoms with Crippen molar-refractivity contribution in [3.05, 3.63) is 53.5 Å². The number of nitrogens with two attached hydrogens (primary N) is 1. The Hall–Kier alpha value is -2.37. The number of hydrogen-bond acceptors (Lipinski definition) is 3. The van der Waals surface area contributed by atoms with E-state index in [1.807, 2.05) is 0 Å². The number of rotatable bonds is 3. The van der Waals surface area contributed by atoms with Crippen LogP contribution < -0.4 is 11.1 Å². The van der Waals surface area contributed by atoms with Gasteiger partial charge in [0.1, 0.15) is 17.1 Å². The van der Waals surface area contributed by atoms with E-state index >= 15 is 0 Å². The van der Waals surface area contributed by atoms with E-state index in [2.05, 4.69) is 5.32 Å². The van der Waals surface area contributed by atoms with Gasteiger partial charge in [0.2, 0.25) is 0 Å². The van der Waals surface area contributed by atoms with E-state index < -0.39 is 29.1 Å². The van der Waals surface area contributed by atoms with Gasteiger partial charge in [0.15, 0.2) is 5.82 Å². The van der Waals surface area contributed by atoms with Crippen molar-refractivity contribution in [1.29, 1.82) is 0 Å². The summed E-state index contributed by atoms with van der Waals surface area (Å²) in [5.74, 6) is -2.43. The van der Waals surface area contributed by atoms with Gasteiger partial charge in [0, 0.05) is 0 Å². The first kappa shape index (κ1) is 13.1. The van der Waals surface area contributed by atoms with Crippen LogP contribution in [-0.2, 0) is 0 Å². The Bertz CT molecular complexity index is 597. The highest BCUT2D eigenvalue weighted by atomic mass is 19.1. The zero-order valence-electron chi connectivity index (χ0n) is 10.1. The number of carbonyl (C=O) groups excluding carboxylic acids is 1. The van der Waals surface area contributed by atoms with Gasteiger partial charge in [0.05, 0.1) is 18.0 Å². The zero-order valence-corrected chi connectivity index (χ0v) is 10.1. The largest absolute Gasteiger partial charge is 0.467 e. The lowest BCUT2D eigenvalue weighted by Gasteiger charge is -2.13. The minimum absolute atomic E-state index is 0.280. The van der Waals surface area contributed by atoms with E-state index in [0.29, 0.717) is 5.76 Å². The van der Waals surface area contributed by atoms with E-state index in [0.717, 1.165) is 12.1 Å². The molecule has 1 unspecified atom stereocenters. The number of nitrogen functional groups attached to an aromatic ring is 1. The summed E-state index contributed by atoms with van der Waals surface area (Å²) >= 11 is 0. The van der Waals surface area contributed by atoms with Crippen LogP contribution in [0.4, 0.5) is 14.5 Å². The quantitative estimate of drug-likeness (QED) is 0.839. The first-order valence-electron chi connectivity index (χ1n) is 5.58. The average molecular weight is 266 g/mol. The summed E-state index contributed by atoms with van der Waals surface area (Å²) < 4.78 is 32.2. The van der Waals surface area contributed by atoms with Crippen LogP contribution in [0.1, 0.15) is 29.1 Å². The summed E-state index contributed by atoms with van der Waals surface area (Å²) in [4.78, 5) is 11.9. The molecule has 0 fully saturated rings. The fourth-order valence-electron chi connectivity index (χ4n) is 1.65. The standard InChI is InChI=1S/C13H12F2N2O2/c1-7(10-3-2-6-19-10)17-13(18)11-8(14)4-5-9(16)12(11)15/h2-7H,16H2,1H3,(H,17,18). The lowest BCUT2D eigenvalue weighted by Crippen LogP contribution is -2.28. The van der Waals surface area contributed by atoms with Crippen molar-refractivity contribution in [3.8, 4) is 0 Å². The predicted molar refractivity (Wildman–Crippen MR) is 65.4 cm³/mol. The number of halogens is 2. The van der Waals surface area contributed by atoms with Crippen molar-refractivity contribution < 1.29 is 18.0 Å². The molecule has 6 heteroatoms. The lowest BCUT2D eigenvalue weighted by molar-refractivity contribution is 0.0927. The second-order valence-electron chi connectivity index (χ2n) is 4.04. The zero-order chi connectivity index (χ0) is 14.0. The number of amides is 1. The van der Waals surface area contributed by atoms with E-state index in [-0.39, 0.29) is 5.69 Å². The average Bonchev–Trinajstić information content (AvgIpc) is 2.88. The summed E-state index contributed by atoms with van der Waals surface area (Å²) in [6, 6.07) is 4.81. The highest BCUT2D eigenvalue weighted by molar-refractivity contribution is 5.95. The molecule has 0 saturated heterocycles. The normalized spacial score (nSPS) is 12.2. The molecule has 1 heterocycles. The van der Waals surface area contributed by atoms with Gasteiger partial charge in [-0.05, 0) is 31.2 Å². The maximum atomic E-state index is 13.7. The Morgan fingerprint density at radius 1 is 1.37 bits per heavy atom. The number of anilines is 1. The fourth-order valence-corrected chi connectivity index (χ4v) is 1.65. The van der Waals surface area contributed by atoms with Crippen molar-refractivity contribution in [3.63, 3.8) is 0 Å². The molecule has 0 radical (unpaired) electrons. The van der Waals surface area contributed by atoms with E-state index in [1.165, 1.54) is 6.26 Å². The van der Waals surface area contributed by atoms with Gasteiger partial charge in [-0.3, -0.25) is 4.79 Å². The second-order valence-corrected chi connectivity index (χ2v) is 4.04. The molecule has 0 aliphatic carbocycles. The number of carbonyl (C=O) groups is 1. The number of furan rings is 1. The van der Waals surface area contributed by atoms with Crippen LogP contribution >= 0.6 is 0 Å². The molecular weight excluding hydrogens is 254 g/mol. The Labute approximate surface area is 108 Å². The van der Waals surface area contributed by atoms with Gasteiger partial charge in [-0.25, -0.2) is 8.78 Å². The molecule has 1 aromatic heterocycles. The first-order valence-corrected chi connectivity index (χ1v) is 5.58. The van der Waals surface area contributed by atoms with Gasteiger partial charge in [-0.1, -0.05) is 0 Å². The highest BCUT2D eigenvalue weighted by Crippen LogP contribution is 2.20. The molecule has 0 aliphatic heterocycles.